The third-order valence-corrected chi connectivity index (χ3v) is 4.30. The maximum atomic E-state index is 13.2. The Hall–Kier alpha value is -3.41. The molecule has 0 saturated heterocycles. The SMILES string of the molecule is CCOC(=O)c1ccc2c(c1)N(C(C)=O)C(=O)/C2=C(/OCC)c1ccccc1. The molecule has 0 saturated carbocycles. The molecule has 6 nitrogen and oxygen atoms in total. The molecule has 0 atom stereocenters. The maximum Gasteiger partial charge on any atom is 0.338 e. The number of carbonyl (C=O) groups excluding carboxylic acids is 3. The van der Waals surface area contributed by atoms with E-state index >= 15 is 0 Å². The van der Waals surface area contributed by atoms with Crippen molar-refractivity contribution in [2.24, 2.45) is 0 Å². The number of benzene rings is 2. The molecule has 2 aromatic rings. The minimum atomic E-state index is -0.508. The predicted molar refractivity (Wildman–Crippen MR) is 105 cm³/mol. The fourth-order valence-corrected chi connectivity index (χ4v) is 3.17. The molecule has 0 aliphatic carbocycles. The van der Waals surface area contributed by atoms with E-state index in [1.54, 1.807) is 19.1 Å². The normalized spacial score (nSPS) is 14.5. The molecule has 144 valence electrons. The molecule has 0 aromatic heterocycles. The zero-order valence-corrected chi connectivity index (χ0v) is 16.0. The summed E-state index contributed by atoms with van der Waals surface area (Å²) in [5.74, 6) is -1.02. The number of carbonyl (C=O) groups is 3. The molecule has 0 fully saturated rings. The number of hydrogen-bond acceptors (Lipinski definition) is 5. The Balaban J connectivity index is 2.24. The molecule has 0 spiro atoms. The molecule has 0 unspecified atom stereocenters. The second-order valence-corrected chi connectivity index (χ2v) is 6.12. The number of amides is 2. The number of imide groups is 1. The summed E-state index contributed by atoms with van der Waals surface area (Å²) in [7, 11) is 0. The minimum absolute atomic E-state index is 0.235. The van der Waals surface area contributed by atoms with Crippen molar-refractivity contribution in [2.75, 3.05) is 18.1 Å². The summed E-state index contributed by atoms with van der Waals surface area (Å²) in [4.78, 5) is 38.5. The van der Waals surface area contributed by atoms with Crippen LogP contribution in [-0.2, 0) is 19.1 Å². The van der Waals surface area contributed by atoms with Crippen LogP contribution in [0.5, 0.6) is 0 Å². The second-order valence-electron chi connectivity index (χ2n) is 6.12. The van der Waals surface area contributed by atoms with Gasteiger partial charge in [0.15, 0.2) is 0 Å². The number of fused-ring (bicyclic) bond motifs is 1. The summed E-state index contributed by atoms with van der Waals surface area (Å²) >= 11 is 0. The number of hydrogen-bond donors (Lipinski definition) is 0. The minimum Gasteiger partial charge on any atom is -0.492 e. The van der Waals surface area contributed by atoms with Crippen LogP contribution in [0, 0.1) is 0 Å². The monoisotopic (exact) mass is 379 g/mol. The quantitative estimate of drug-likeness (QED) is 0.450. The fraction of sp³-hybridized carbons (Fsp3) is 0.227. The van der Waals surface area contributed by atoms with Gasteiger partial charge in [0.05, 0.1) is 30.0 Å². The van der Waals surface area contributed by atoms with Gasteiger partial charge in [0.1, 0.15) is 5.76 Å². The van der Waals surface area contributed by atoms with Crippen LogP contribution in [-0.4, -0.2) is 31.0 Å². The smallest absolute Gasteiger partial charge is 0.338 e. The second kappa shape index (κ2) is 8.08. The van der Waals surface area contributed by atoms with E-state index < -0.39 is 17.8 Å². The van der Waals surface area contributed by atoms with Crippen LogP contribution >= 0.6 is 0 Å². The van der Waals surface area contributed by atoms with Crippen molar-refractivity contribution < 1.29 is 23.9 Å². The van der Waals surface area contributed by atoms with Crippen LogP contribution in [0.25, 0.3) is 11.3 Å². The highest BCUT2D eigenvalue weighted by atomic mass is 16.5. The molecule has 2 aromatic carbocycles. The summed E-state index contributed by atoms with van der Waals surface area (Å²) in [5, 5.41) is 0. The molecule has 0 N–H and O–H groups in total. The van der Waals surface area contributed by atoms with Crippen molar-refractivity contribution in [2.45, 2.75) is 20.8 Å². The Labute approximate surface area is 163 Å². The Morgan fingerprint density at radius 3 is 2.21 bits per heavy atom. The number of anilines is 1. The summed E-state index contributed by atoms with van der Waals surface area (Å²) in [6.07, 6.45) is 0. The first-order valence-corrected chi connectivity index (χ1v) is 9.08. The van der Waals surface area contributed by atoms with Crippen molar-refractivity contribution in [3.63, 3.8) is 0 Å². The van der Waals surface area contributed by atoms with E-state index in [4.69, 9.17) is 9.47 Å². The lowest BCUT2D eigenvalue weighted by atomic mass is 10.0. The van der Waals surface area contributed by atoms with Crippen molar-refractivity contribution in [1.29, 1.82) is 0 Å². The van der Waals surface area contributed by atoms with E-state index in [2.05, 4.69) is 0 Å². The Bertz CT molecular complexity index is 962. The van der Waals surface area contributed by atoms with E-state index in [-0.39, 0.29) is 12.2 Å². The van der Waals surface area contributed by atoms with Gasteiger partial charge >= 0.3 is 5.97 Å². The lowest BCUT2D eigenvalue weighted by Gasteiger charge is -2.14. The van der Waals surface area contributed by atoms with Gasteiger partial charge < -0.3 is 9.47 Å². The van der Waals surface area contributed by atoms with Gasteiger partial charge in [-0.3, -0.25) is 9.59 Å². The number of nitrogens with zero attached hydrogens (tertiary/aromatic N) is 1. The van der Waals surface area contributed by atoms with Gasteiger partial charge in [-0.15, -0.1) is 0 Å². The maximum absolute atomic E-state index is 13.2. The van der Waals surface area contributed by atoms with Crippen molar-refractivity contribution in [1.82, 2.24) is 0 Å². The first-order chi connectivity index (χ1) is 13.5. The zero-order chi connectivity index (χ0) is 20.3. The highest BCUT2D eigenvalue weighted by Gasteiger charge is 2.38. The van der Waals surface area contributed by atoms with Gasteiger partial charge in [0.25, 0.3) is 5.91 Å². The van der Waals surface area contributed by atoms with Crippen LogP contribution in [0.3, 0.4) is 0 Å². The Kier molecular flexibility index (Phi) is 5.59. The molecule has 1 aliphatic rings. The first kappa shape index (κ1) is 19.4. The van der Waals surface area contributed by atoms with Crippen LogP contribution < -0.4 is 4.90 Å². The van der Waals surface area contributed by atoms with Crippen molar-refractivity contribution in [3.8, 4) is 0 Å². The number of rotatable bonds is 5. The molecular weight excluding hydrogens is 358 g/mol. The molecule has 28 heavy (non-hydrogen) atoms. The highest BCUT2D eigenvalue weighted by molar-refractivity contribution is 6.43. The van der Waals surface area contributed by atoms with E-state index in [9.17, 15) is 14.4 Å². The third kappa shape index (κ3) is 3.41. The molecule has 1 aliphatic heterocycles. The average Bonchev–Trinajstić information content (AvgIpc) is 2.98. The van der Waals surface area contributed by atoms with E-state index in [1.807, 2.05) is 37.3 Å². The van der Waals surface area contributed by atoms with E-state index in [0.717, 1.165) is 10.5 Å². The molecular formula is C22H21NO5. The average molecular weight is 379 g/mol. The fourth-order valence-electron chi connectivity index (χ4n) is 3.17. The molecule has 6 heteroatoms. The first-order valence-electron chi connectivity index (χ1n) is 9.08. The van der Waals surface area contributed by atoms with Gasteiger partial charge in [-0.1, -0.05) is 36.4 Å². The van der Waals surface area contributed by atoms with Crippen LogP contribution in [0.4, 0.5) is 5.69 Å². The molecule has 2 amide bonds. The molecule has 3 rings (SSSR count). The summed E-state index contributed by atoms with van der Waals surface area (Å²) < 4.78 is 10.8. The lowest BCUT2D eigenvalue weighted by Crippen LogP contribution is -2.31. The Morgan fingerprint density at radius 2 is 1.61 bits per heavy atom. The van der Waals surface area contributed by atoms with Crippen molar-refractivity contribution >= 4 is 34.8 Å². The summed E-state index contributed by atoms with van der Waals surface area (Å²) in [6.45, 7) is 5.45. The van der Waals surface area contributed by atoms with Gasteiger partial charge in [0, 0.05) is 18.1 Å². The zero-order valence-electron chi connectivity index (χ0n) is 16.0. The van der Waals surface area contributed by atoms with Gasteiger partial charge in [-0.2, -0.15) is 0 Å². The topological polar surface area (TPSA) is 72.9 Å². The molecule has 0 bridgehead atoms. The lowest BCUT2D eigenvalue weighted by molar-refractivity contribution is -0.122. The third-order valence-electron chi connectivity index (χ3n) is 4.30. The van der Waals surface area contributed by atoms with Gasteiger partial charge in [0.2, 0.25) is 5.91 Å². The molecule has 1 heterocycles. The predicted octanol–water partition coefficient (Wildman–Crippen LogP) is 3.66. The Morgan fingerprint density at radius 1 is 0.929 bits per heavy atom. The number of esters is 1. The summed E-state index contributed by atoms with van der Waals surface area (Å²) in [6, 6.07) is 14.0. The largest absolute Gasteiger partial charge is 0.492 e. The van der Waals surface area contributed by atoms with Gasteiger partial charge in [-0.25, -0.2) is 9.69 Å². The summed E-state index contributed by atoms with van der Waals surface area (Å²) in [5.41, 5.74) is 2.21. The molecule has 0 radical (unpaired) electrons. The van der Waals surface area contributed by atoms with Crippen LogP contribution in [0.2, 0.25) is 0 Å². The standard InChI is InChI=1S/C22H21NO5/c1-4-27-20(15-9-7-6-8-10-15)19-17-12-11-16(22(26)28-5-2)13-18(17)23(14(3)24)21(19)25/h6-13H,4-5H2,1-3H3/b20-19+. The van der Waals surface area contributed by atoms with E-state index in [1.165, 1.54) is 13.0 Å². The van der Waals surface area contributed by atoms with Crippen LogP contribution in [0.15, 0.2) is 48.5 Å². The van der Waals surface area contributed by atoms with Gasteiger partial charge in [-0.05, 0) is 26.0 Å². The van der Waals surface area contributed by atoms with E-state index in [0.29, 0.717) is 29.2 Å². The highest BCUT2D eigenvalue weighted by Crippen LogP contribution is 2.42. The number of ether oxygens (including phenoxy) is 2. The van der Waals surface area contributed by atoms with Crippen molar-refractivity contribution in [3.05, 3.63) is 65.2 Å². The van der Waals surface area contributed by atoms with Crippen LogP contribution in [0.1, 0.15) is 42.3 Å².